The van der Waals surface area contributed by atoms with Crippen molar-refractivity contribution in [1.82, 2.24) is 9.29 Å². The smallest absolute Gasteiger partial charge is 0.258 e. The maximum Gasteiger partial charge on any atom is 0.258 e. The van der Waals surface area contributed by atoms with Crippen LogP contribution >= 0.6 is 23.1 Å². The Morgan fingerprint density at radius 3 is 2.76 bits per heavy atom. The maximum absolute atomic E-state index is 13.4. The van der Waals surface area contributed by atoms with Crippen LogP contribution in [0, 0.1) is 0 Å². The van der Waals surface area contributed by atoms with Crippen molar-refractivity contribution in [2.24, 2.45) is 0 Å². The molecule has 0 radical (unpaired) electrons. The summed E-state index contributed by atoms with van der Waals surface area (Å²) in [5, 5.41) is 3.80. The van der Waals surface area contributed by atoms with Gasteiger partial charge in [0.15, 0.2) is 0 Å². The van der Waals surface area contributed by atoms with Crippen LogP contribution < -0.4 is 10.0 Å². The number of nitrogens with zero attached hydrogens (tertiary/aromatic N) is 1. The van der Waals surface area contributed by atoms with Crippen molar-refractivity contribution in [2.45, 2.75) is 23.6 Å². The van der Waals surface area contributed by atoms with Gasteiger partial charge in [-0.3, -0.25) is 4.79 Å². The number of sulfonamides is 1. The van der Waals surface area contributed by atoms with Gasteiger partial charge < -0.3 is 14.3 Å². The first kappa shape index (κ1) is 22.0. The molecular weight excluding hydrogens is 478 g/mol. The largest absolute Gasteiger partial charge is 0.468 e. The lowest BCUT2D eigenvalue weighted by molar-refractivity contribution is 0.102. The van der Waals surface area contributed by atoms with Gasteiger partial charge in [-0.2, -0.15) is 11.8 Å². The number of carbonyl (C=O) groups excluding carboxylic acids is 1. The minimum atomic E-state index is -3.77. The Morgan fingerprint density at radius 1 is 1.12 bits per heavy atom. The third-order valence-corrected chi connectivity index (χ3v) is 9.10. The molecule has 1 aliphatic rings. The van der Waals surface area contributed by atoms with E-state index in [1.165, 1.54) is 23.3 Å². The predicted octanol–water partition coefficient (Wildman–Crippen LogP) is 4.65. The quantitative estimate of drug-likeness (QED) is 0.386. The van der Waals surface area contributed by atoms with E-state index in [0.717, 1.165) is 28.5 Å². The van der Waals surface area contributed by atoms with Crippen LogP contribution in [0.1, 0.15) is 26.6 Å². The number of thioether (sulfide) groups is 1. The molecule has 2 N–H and O–H groups in total. The number of amides is 1. The zero-order valence-corrected chi connectivity index (χ0v) is 19.9. The van der Waals surface area contributed by atoms with Crippen LogP contribution in [0.3, 0.4) is 0 Å². The molecule has 0 saturated heterocycles. The van der Waals surface area contributed by atoms with Crippen molar-refractivity contribution in [1.29, 1.82) is 0 Å². The van der Waals surface area contributed by atoms with E-state index < -0.39 is 10.0 Å². The van der Waals surface area contributed by atoms with Crippen LogP contribution in [-0.2, 0) is 28.7 Å². The molecule has 4 aromatic rings. The molecule has 0 aliphatic carbocycles. The fraction of sp³-hybridized carbons (Fsp3) is 0.174. The lowest BCUT2D eigenvalue weighted by Crippen LogP contribution is -2.23. The third kappa shape index (κ3) is 4.65. The summed E-state index contributed by atoms with van der Waals surface area (Å²) in [6.45, 7) is 0.0468. The van der Waals surface area contributed by atoms with E-state index in [4.69, 9.17) is 4.42 Å². The molecule has 4 heterocycles. The summed E-state index contributed by atoms with van der Waals surface area (Å²) in [6.07, 6.45) is 6.19. The fourth-order valence-electron chi connectivity index (χ4n) is 3.70. The van der Waals surface area contributed by atoms with Crippen LogP contribution in [0.15, 0.2) is 76.5 Å². The summed E-state index contributed by atoms with van der Waals surface area (Å²) < 4.78 is 35.1. The van der Waals surface area contributed by atoms with Gasteiger partial charge in [0.25, 0.3) is 5.91 Å². The average Bonchev–Trinajstić information content (AvgIpc) is 3.58. The number of rotatable bonds is 7. The Balaban J connectivity index is 1.40. The minimum Gasteiger partial charge on any atom is -0.468 e. The van der Waals surface area contributed by atoms with E-state index in [9.17, 15) is 13.2 Å². The number of furan rings is 1. The summed E-state index contributed by atoms with van der Waals surface area (Å²) in [4.78, 5) is 14.7. The molecule has 0 unspecified atom stereocenters. The number of hydrogen-bond donors (Lipinski definition) is 2. The second-order valence-corrected chi connectivity index (χ2v) is 11.4. The molecule has 1 aromatic carbocycles. The lowest BCUT2D eigenvalue weighted by Gasteiger charge is -2.14. The fourth-order valence-corrected chi connectivity index (χ4v) is 7.18. The zero-order chi connectivity index (χ0) is 22.8. The highest BCUT2D eigenvalue weighted by Crippen LogP contribution is 2.38. The van der Waals surface area contributed by atoms with Crippen molar-refractivity contribution in [3.63, 3.8) is 0 Å². The van der Waals surface area contributed by atoms with Crippen molar-refractivity contribution >= 4 is 44.7 Å². The first-order valence-electron chi connectivity index (χ1n) is 10.3. The first-order valence-corrected chi connectivity index (χ1v) is 13.8. The molecule has 0 saturated carbocycles. The number of fused-ring (bicyclic) bond motifs is 1. The normalized spacial score (nSPS) is 13.6. The molecule has 5 rings (SSSR count). The van der Waals surface area contributed by atoms with Crippen LogP contribution in [0.4, 0.5) is 5.69 Å². The lowest BCUT2D eigenvalue weighted by atomic mass is 10.1. The van der Waals surface area contributed by atoms with Crippen LogP contribution in [-0.4, -0.2) is 24.6 Å². The van der Waals surface area contributed by atoms with Crippen molar-refractivity contribution < 1.29 is 17.6 Å². The Labute approximate surface area is 199 Å². The molecule has 1 amide bonds. The second kappa shape index (κ2) is 9.22. The Morgan fingerprint density at radius 2 is 1.97 bits per heavy atom. The van der Waals surface area contributed by atoms with Crippen LogP contribution in [0.2, 0.25) is 0 Å². The summed E-state index contributed by atoms with van der Waals surface area (Å²) in [6, 6.07) is 13.5. The monoisotopic (exact) mass is 499 g/mol. The van der Waals surface area contributed by atoms with E-state index >= 15 is 0 Å². The maximum atomic E-state index is 13.4. The molecule has 10 heteroatoms. The van der Waals surface area contributed by atoms with E-state index in [0.29, 0.717) is 17.0 Å². The predicted molar refractivity (Wildman–Crippen MR) is 131 cm³/mol. The van der Waals surface area contributed by atoms with Gasteiger partial charge in [0.1, 0.15) is 10.8 Å². The van der Waals surface area contributed by atoms with Crippen LogP contribution in [0.25, 0.3) is 5.00 Å². The number of thiophene rings is 1. The second-order valence-electron chi connectivity index (χ2n) is 7.46. The van der Waals surface area contributed by atoms with Gasteiger partial charge in [-0.1, -0.05) is 6.07 Å². The van der Waals surface area contributed by atoms with E-state index in [1.807, 2.05) is 40.9 Å². The van der Waals surface area contributed by atoms with Crippen molar-refractivity contribution in [3.05, 3.63) is 89.0 Å². The number of benzene rings is 1. The molecular formula is C23H21N3O4S3. The minimum absolute atomic E-state index is 0.0468. The number of hydrogen-bond acceptors (Lipinski definition) is 6. The number of nitrogens with one attached hydrogen (secondary N) is 2. The topological polar surface area (TPSA) is 93.3 Å². The molecule has 0 fully saturated rings. The Hall–Kier alpha value is -2.79. The Kier molecular flexibility index (Phi) is 6.15. The van der Waals surface area contributed by atoms with Gasteiger partial charge in [0, 0.05) is 28.7 Å². The molecule has 7 nitrogen and oxygen atoms in total. The molecule has 0 spiro atoms. The molecule has 3 aromatic heterocycles. The average molecular weight is 500 g/mol. The standard InChI is InChI=1S/C23H21N3O4S3/c27-22(21-19-8-12-31-15-20(19)32-23(21)26-9-1-2-10-26)25-16-5-3-7-18(13-16)33(28,29)24-14-17-6-4-11-30-17/h1-7,9-11,13,24H,8,12,14-15H2,(H,25,27). The number of anilines is 1. The summed E-state index contributed by atoms with van der Waals surface area (Å²) >= 11 is 3.51. The van der Waals surface area contributed by atoms with Gasteiger partial charge in [-0.05, 0) is 60.2 Å². The van der Waals surface area contributed by atoms with Crippen molar-refractivity contribution in [3.8, 4) is 5.00 Å². The summed E-state index contributed by atoms with van der Waals surface area (Å²) in [7, 11) is -3.77. The highest BCUT2D eigenvalue weighted by atomic mass is 32.2. The molecule has 170 valence electrons. The molecule has 33 heavy (non-hydrogen) atoms. The SMILES string of the molecule is O=C(Nc1cccc(S(=O)(=O)NCc2ccco2)c1)c1c(-n2cccc2)sc2c1CCSC2. The highest BCUT2D eigenvalue weighted by Gasteiger charge is 2.26. The number of carbonyl (C=O) groups is 1. The van der Waals surface area contributed by atoms with E-state index in [1.54, 1.807) is 35.6 Å². The van der Waals surface area contributed by atoms with Gasteiger partial charge >= 0.3 is 0 Å². The Bertz CT molecular complexity index is 1370. The zero-order valence-electron chi connectivity index (χ0n) is 17.5. The molecule has 1 aliphatic heterocycles. The van der Waals surface area contributed by atoms with E-state index in [-0.39, 0.29) is 17.3 Å². The van der Waals surface area contributed by atoms with Gasteiger partial charge in [-0.25, -0.2) is 13.1 Å². The molecule has 0 bridgehead atoms. The first-order chi connectivity index (χ1) is 16.0. The van der Waals surface area contributed by atoms with Gasteiger partial charge in [0.05, 0.1) is 23.3 Å². The summed E-state index contributed by atoms with van der Waals surface area (Å²) in [5.41, 5.74) is 2.17. The van der Waals surface area contributed by atoms with Gasteiger partial charge in [-0.15, -0.1) is 11.3 Å². The van der Waals surface area contributed by atoms with E-state index in [2.05, 4.69) is 10.0 Å². The number of aromatic nitrogens is 1. The summed E-state index contributed by atoms with van der Waals surface area (Å²) in [5.74, 6) is 2.16. The third-order valence-electron chi connectivity index (χ3n) is 5.29. The van der Waals surface area contributed by atoms with Crippen LogP contribution in [0.5, 0.6) is 0 Å². The molecule has 0 atom stereocenters. The van der Waals surface area contributed by atoms with Gasteiger partial charge in [0.2, 0.25) is 10.0 Å². The van der Waals surface area contributed by atoms with Crippen molar-refractivity contribution in [2.75, 3.05) is 11.1 Å². The highest BCUT2D eigenvalue weighted by molar-refractivity contribution is 7.98.